The van der Waals surface area contributed by atoms with Gasteiger partial charge in [-0.15, -0.1) is 0 Å². The number of nitrogens with zero attached hydrogens (tertiary/aromatic N) is 3. The van der Waals surface area contributed by atoms with Crippen molar-refractivity contribution in [2.45, 2.75) is 23.5 Å². The Morgan fingerprint density at radius 2 is 2.00 bits per heavy atom. The molecule has 1 N–H and O–H groups in total. The zero-order chi connectivity index (χ0) is 16.6. The summed E-state index contributed by atoms with van der Waals surface area (Å²) in [5.41, 5.74) is 0.745. The minimum absolute atomic E-state index is 0.374. The van der Waals surface area contributed by atoms with E-state index >= 15 is 0 Å². The van der Waals surface area contributed by atoms with E-state index in [1.807, 2.05) is 37.3 Å². The smallest absolute Gasteiger partial charge is 0.309 e. The van der Waals surface area contributed by atoms with E-state index in [0.717, 1.165) is 10.5 Å². The Kier molecular flexibility index (Phi) is 3.96. The summed E-state index contributed by atoms with van der Waals surface area (Å²) in [4.78, 5) is 31.9. The normalized spacial score (nSPS) is 11.0. The highest BCUT2D eigenvalue weighted by Gasteiger charge is 2.18. The Morgan fingerprint density at radius 3 is 2.65 bits per heavy atom. The van der Waals surface area contributed by atoms with Crippen molar-refractivity contribution in [2.75, 3.05) is 0 Å². The van der Waals surface area contributed by atoms with Crippen LogP contribution in [0.5, 0.6) is 0 Å². The fraction of sp³-hybridized carbons (Fsp3) is 0.188. The van der Waals surface area contributed by atoms with Crippen LogP contribution in [-0.4, -0.2) is 19.1 Å². The van der Waals surface area contributed by atoms with Crippen LogP contribution < -0.4 is 11.2 Å². The molecule has 118 valence electrons. The molecule has 6 nitrogen and oxygen atoms in total. The van der Waals surface area contributed by atoms with Gasteiger partial charge in [0.15, 0.2) is 16.3 Å². The van der Waals surface area contributed by atoms with Gasteiger partial charge in [-0.25, -0.2) is 9.78 Å². The minimum Gasteiger partial charge on any atom is -0.309 e. The fourth-order valence-electron chi connectivity index (χ4n) is 2.30. The average Bonchev–Trinajstić information content (AvgIpc) is 2.84. The number of hydrogen-bond acceptors (Lipinski definition) is 4. The number of aromatic amines is 1. The third kappa shape index (κ3) is 2.87. The van der Waals surface area contributed by atoms with Gasteiger partial charge in [-0.3, -0.25) is 14.3 Å². The summed E-state index contributed by atoms with van der Waals surface area (Å²) in [7, 11) is 1.59. The summed E-state index contributed by atoms with van der Waals surface area (Å²) in [5, 5.41) is 0.654. The maximum Gasteiger partial charge on any atom is 0.329 e. The van der Waals surface area contributed by atoms with Crippen molar-refractivity contribution in [3.63, 3.8) is 0 Å². The molecule has 0 aliphatic carbocycles. The number of benzene rings is 1. The molecule has 0 spiro atoms. The molecule has 0 radical (unpaired) electrons. The van der Waals surface area contributed by atoms with Crippen molar-refractivity contribution in [2.24, 2.45) is 7.05 Å². The van der Waals surface area contributed by atoms with Crippen molar-refractivity contribution >= 4 is 22.9 Å². The van der Waals surface area contributed by atoms with Crippen molar-refractivity contribution in [1.29, 1.82) is 0 Å². The Balaban J connectivity index is 2.26. The minimum atomic E-state index is -0.473. The van der Waals surface area contributed by atoms with Gasteiger partial charge in [0.25, 0.3) is 5.56 Å². The first-order valence-corrected chi connectivity index (χ1v) is 7.86. The lowest BCUT2D eigenvalue weighted by molar-refractivity contribution is 0.719. The van der Waals surface area contributed by atoms with Crippen molar-refractivity contribution in [3.05, 3.63) is 63.3 Å². The van der Waals surface area contributed by atoms with Crippen molar-refractivity contribution in [1.82, 2.24) is 19.1 Å². The number of imidazole rings is 1. The molecule has 0 amide bonds. The van der Waals surface area contributed by atoms with Crippen molar-refractivity contribution < 1.29 is 0 Å². The van der Waals surface area contributed by atoms with E-state index in [1.54, 1.807) is 11.6 Å². The third-order valence-electron chi connectivity index (χ3n) is 3.35. The molecule has 0 bridgehead atoms. The molecule has 0 aliphatic heterocycles. The SMILES string of the molecule is C=C(C)Cn1c(Sc2ccccc2)nc2c1c(=O)[nH]c(=O)n2C. The number of nitrogens with one attached hydrogen (secondary N) is 1. The van der Waals surface area contributed by atoms with Crippen LogP contribution >= 0.6 is 11.8 Å². The van der Waals surface area contributed by atoms with Crippen LogP contribution in [0, 0.1) is 0 Å². The molecule has 23 heavy (non-hydrogen) atoms. The molecule has 1 aromatic carbocycles. The van der Waals surface area contributed by atoms with Gasteiger partial charge < -0.3 is 4.57 Å². The average molecular weight is 328 g/mol. The van der Waals surface area contributed by atoms with E-state index in [2.05, 4.69) is 16.5 Å². The number of hydrogen-bond donors (Lipinski definition) is 1. The van der Waals surface area contributed by atoms with E-state index in [4.69, 9.17) is 0 Å². The largest absolute Gasteiger partial charge is 0.329 e. The van der Waals surface area contributed by atoms with Gasteiger partial charge in [-0.1, -0.05) is 42.1 Å². The first-order valence-electron chi connectivity index (χ1n) is 7.04. The second kappa shape index (κ2) is 5.92. The van der Waals surface area contributed by atoms with Gasteiger partial charge in [0.05, 0.1) is 0 Å². The zero-order valence-electron chi connectivity index (χ0n) is 12.9. The van der Waals surface area contributed by atoms with Gasteiger partial charge in [0.1, 0.15) is 0 Å². The number of allylic oxidation sites excluding steroid dienone is 1. The van der Waals surface area contributed by atoms with Crippen LogP contribution in [0.1, 0.15) is 6.92 Å². The topological polar surface area (TPSA) is 72.7 Å². The molecule has 3 rings (SSSR count). The van der Waals surface area contributed by atoms with E-state index < -0.39 is 11.2 Å². The monoisotopic (exact) mass is 328 g/mol. The van der Waals surface area contributed by atoms with Gasteiger partial charge in [0, 0.05) is 18.5 Å². The molecule has 0 saturated heterocycles. The summed E-state index contributed by atoms with van der Waals surface area (Å²) < 4.78 is 3.15. The van der Waals surface area contributed by atoms with E-state index in [9.17, 15) is 9.59 Å². The standard InChI is InChI=1S/C16H16N4O2S/c1-10(2)9-20-12-13(19(3)15(22)18-14(12)21)17-16(20)23-11-7-5-4-6-8-11/h4-8H,1,9H2,2-3H3,(H,18,21,22). The van der Waals surface area contributed by atoms with E-state index in [1.165, 1.54) is 16.3 Å². The van der Waals surface area contributed by atoms with Gasteiger partial charge in [0.2, 0.25) is 0 Å². The highest BCUT2D eigenvalue weighted by Crippen LogP contribution is 2.29. The lowest BCUT2D eigenvalue weighted by Crippen LogP contribution is -2.29. The molecule has 7 heteroatoms. The summed E-state index contributed by atoms with van der Waals surface area (Å²) in [5.74, 6) is 0. The Hall–Kier alpha value is -2.54. The van der Waals surface area contributed by atoms with Gasteiger partial charge in [-0.05, 0) is 19.1 Å². The van der Waals surface area contributed by atoms with Gasteiger partial charge in [-0.2, -0.15) is 0 Å². The lowest BCUT2D eigenvalue weighted by Gasteiger charge is -2.08. The molecule has 3 aromatic rings. The molecule has 0 aliphatic rings. The summed E-state index contributed by atoms with van der Waals surface area (Å²) in [6.07, 6.45) is 0. The molecule has 2 heterocycles. The second-order valence-corrected chi connectivity index (χ2v) is 6.38. The predicted molar refractivity (Wildman–Crippen MR) is 91.0 cm³/mol. The first-order chi connectivity index (χ1) is 11.0. The maximum atomic E-state index is 12.3. The second-order valence-electron chi connectivity index (χ2n) is 5.34. The number of aryl methyl sites for hydroxylation is 1. The molecule has 0 saturated carbocycles. The number of rotatable bonds is 4. The van der Waals surface area contributed by atoms with Crippen LogP contribution in [0.4, 0.5) is 0 Å². The summed E-state index contributed by atoms with van der Waals surface area (Å²) in [6, 6.07) is 9.76. The molecule has 0 atom stereocenters. The highest BCUT2D eigenvalue weighted by atomic mass is 32.2. The summed E-state index contributed by atoms with van der Waals surface area (Å²) in [6.45, 7) is 6.27. The molecule has 2 aromatic heterocycles. The highest BCUT2D eigenvalue weighted by molar-refractivity contribution is 7.99. The van der Waals surface area contributed by atoms with Crippen LogP contribution in [0.15, 0.2) is 62.1 Å². The molecule has 0 fully saturated rings. The van der Waals surface area contributed by atoms with Crippen LogP contribution in [0.25, 0.3) is 11.2 Å². The van der Waals surface area contributed by atoms with Crippen LogP contribution in [0.3, 0.4) is 0 Å². The number of H-pyrrole nitrogens is 1. The predicted octanol–water partition coefficient (Wildman–Crippen LogP) is 2.15. The fourth-order valence-corrected chi connectivity index (χ4v) is 3.21. The lowest BCUT2D eigenvalue weighted by atomic mass is 10.3. The first kappa shape index (κ1) is 15.4. The quantitative estimate of drug-likeness (QED) is 0.745. The Bertz CT molecular complexity index is 999. The number of fused-ring (bicyclic) bond motifs is 1. The third-order valence-corrected chi connectivity index (χ3v) is 4.35. The van der Waals surface area contributed by atoms with Crippen LogP contribution in [-0.2, 0) is 13.6 Å². The molecular formula is C16H16N4O2S. The van der Waals surface area contributed by atoms with Crippen molar-refractivity contribution in [3.8, 4) is 0 Å². The van der Waals surface area contributed by atoms with Gasteiger partial charge >= 0.3 is 5.69 Å². The molecular weight excluding hydrogens is 312 g/mol. The van der Waals surface area contributed by atoms with Crippen LogP contribution in [0.2, 0.25) is 0 Å². The number of aromatic nitrogens is 4. The van der Waals surface area contributed by atoms with E-state index in [-0.39, 0.29) is 0 Å². The van der Waals surface area contributed by atoms with E-state index in [0.29, 0.717) is 22.9 Å². The Morgan fingerprint density at radius 1 is 1.30 bits per heavy atom. The maximum absolute atomic E-state index is 12.3. The molecule has 0 unspecified atom stereocenters. The Labute approximate surface area is 136 Å². The zero-order valence-corrected chi connectivity index (χ0v) is 13.7. The summed E-state index contributed by atoms with van der Waals surface area (Å²) >= 11 is 1.45.